The van der Waals surface area contributed by atoms with Crippen LogP contribution in [0.15, 0.2) is 40.9 Å². The zero-order valence-corrected chi connectivity index (χ0v) is 13.2. The van der Waals surface area contributed by atoms with Crippen molar-refractivity contribution in [2.24, 2.45) is 0 Å². The van der Waals surface area contributed by atoms with Crippen LogP contribution in [0, 0.1) is 9.39 Å². The first-order valence-electron chi connectivity index (χ1n) is 5.22. The molecule has 6 heteroatoms. The SMILES string of the molecule is O=C(Nc1ccc(Br)c(F)c1)c1cc(I)ccc1O. The number of amides is 1. The molecule has 0 bridgehead atoms. The van der Waals surface area contributed by atoms with Gasteiger partial charge in [0.1, 0.15) is 11.6 Å². The molecule has 0 saturated heterocycles. The lowest BCUT2D eigenvalue weighted by Crippen LogP contribution is -2.12. The summed E-state index contributed by atoms with van der Waals surface area (Å²) in [6.07, 6.45) is 0. The quantitative estimate of drug-likeness (QED) is 0.696. The van der Waals surface area contributed by atoms with E-state index in [9.17, 15) is 14.3 Å². The highest BCUT2D eigenvalue weighted by Gasteiger charge is 2.12. The summed E-state index contributed by atoms with van der Waals surface area (Å²) in [5.74, 6) is -1.07. The van der Waals surface area contributed by atoms with Crippen LogP contribution < -0.4 is 5.32 Å². The number of carbonyl (C=O) groups is 1. The van der Waals surface area contributed by atoms with Crippen molar-refractivity contribution in [1.29, 1.82) is 0 Å². The van der Waals surface area contributed by atoms with Crippen LogP contribution in [0.3, 0.4) is 0 Å². The molecule has 2 aromatic rings. The molecule has 0 saturated carbocycles. The average Bonchev–Trinajstić information content (AvgIpc) is 2.36. The number of phenols is 1. The monoisotopic (exact) mass is 435 g/mol. The first kappa shape index (κ1) is 14.3. The zero-order chi connectivity index (χ0) is 14.0. The summed E-state index contributed by atoms with van der Waals surface area (Å²) in [7, 11) is 0. The Hall–Kier alpha value is -1.15. The van der Waals surface area contributed by atoms with E-state index >= 15 is 0 Å². The molecule has 98 valence electrons. The summed E-state index contributed by atoms with van der Waals surface area (Å²) >= 11 is 5.07. The smallest absolute Gasteiger partial charge is 0.259 e. The summed E-state index contributed by atoms with van der Waals surface area (Å²) in [5.41, 5.74) is 0.471. The minimum atomic E-state index is -0.488. The lowest BCUT2D eigenvalue weighted by molar-refractivity contribution is 0.102. The maximum Gasteiger partial charge on any atom is 0.259 e. The Morgan fingerprint density at radius 2 is 2.00 bits per heavy atom. The van der Waals surface area contributed by atoms with Gasteiger partial charge in [0.05, 0.1) is 10.0 Å². The van der Waals surface area contributed by atoms with Gasteiger partial charge in [-0.1, -0.05) is 0 Å². The lowest BCUT2D eigenvalue weighted by atomic mass is 10.2. The predicted molar refractivity (Wildman–Crippen MR) is 82.9 cm³/mol. The van der Waals surface area contributed by atoms with Crippen molar-refractivity contribution in [3.63, 3.8) is 0 Å². The maximum atomic E-state index is 13.3. The van der Waals surface area contributed by atoms with E-state index in [0.717, 1.165) is 3.57 Å². The van der Waals surface area contributed by atoms with Crippen molar-refractivity contribution >= 4 is 50.1 Å². The Morgan fingerprint density at radius 3 is 2.68 bits per heavy atom. The number of benzene rings is 2. The van der Waals surface area contributed by atoms with Crippen molar-refractivity contribution in [3.05, 3.63) is 55.8 Å². The van der Waals surface area contributed by atoms with Gasteiger partial charge in [-0.25, -0.2) is 4.39 Å². The Labute approximate surface area is 131 Å². The van der Waals surface area contributed by atoms with Gasteiger partial charge in [-0.2, -0.15) is 0 Å². The van der Waals surface area contributed by atoms with E-state index in [1.54, 1.807) is 18.2 Å². The average molecular weight is 436 g/mol. The van der Waals surface area contributed by atoms with Gasteiger partial charge in [0.2, 0.25) is 0 Å². The molecule has 0 fully saturated rings. The molecule has 0 aromatic heterocycles. The summed E-state index contributed by atoms with van der Waals surface area (Å²) in [6.45, 7) is 0. The number of halogens is 3. The van der Waals surface area contributed by atoms with Crippen molar-refractivity contribution in [2.75, 3.05) is 5.32 Å². The van der Waals surface area contributed by atoms with Gasteiger partial charge in [-0.05, 0) is 74.9 Å². The van der Waals surface area contributed by atoms with Gasteiger partial charge in [0.25, 0.3) is 5.91 Å². The topological polar surface area (TPSA) is 49.3 Å². The highest BCUT2D eigenvalue weighted by atomic mass is 127. The van der Waals surface area contributed by atoms with Crippen molar-refractivity contribution in [1.82, 2.24) is 0 Å². The number of phenolic OH excluding ortho intramolecular Hbond substituents is 1. The Morgan fingerprint density at radius 1 is 1.26 bits per heavy atom. The second-order valence-corrected chi connectivity index (χ2v) is 5.84. The summed E-state index contributed by atoms with van der Waals surface area (Å²) in [5, 5.41) is 12.2. The van der Waals surface area contributed by atoms with Crippen LogP contribution in [-0.2, 0) is 0 Å². The van der Waals surface area contributed by atoms with Crippen LogP contribution in [0.5, 0.6) is 5.75 Å². The standard InChI is InChI=1S/C13H8BrFINO2/c14-10-3-2-8(6-11(10)15)17-13(19)9-5-7(16)1-4-12(9)18/h1-6,18H,(H,17,19). The van der Waals surface area contributed by atoms with Gasteiger partial charge in [0, 0.05) is 9.26 Å². The largest absolute Gasteiger partial charge is 0.507 e. The summed E-state index contributed by atoms with van der Waals surface area (Å²) < 4.78 is 14.5. The van der Waals surface area contributed by atoms with E-state index in [4.69, 9.17) is 0 Å². The Bertz CT molecular complexity index is 649. The van der Waals surface area contributed by atoms with Crippen molar-refractivity contribution in [2.45, 2.75) is 0 Å². The number of hydrogen-bond donors (Lipinski definition) is 2. The van der Waals surface area contributed by atoms with Gasteiger partial charge in [0.15, 0.2) is 0 Å². The molecule has 0 spiro atoms. The Kier molecular flexibility index (Phi) is 4.41. The molecule has 0 atom stereocenters. The number of hydrogen-bond acceptors (Lipinski definition) is 2. The number of anilines is 1. The van der Waals surface area contributed by atoms with E-state index in [1.165, 1.54) is 18.2 Å². The fraction of sp³-hybridized carbons (Fsp3) is 0. The predicted octanol–water partition coefficient (Wildman–Crippen LogP) is 4.15. The van der Waals surface area contributed by atoms with E-state index in [2.05, 4.69) is 21.2 Å². The van der Waals surface area contributed by atoms with Crippen LogP contribution in [0.1, 0.15) is 10.4 Å². The second kappa shape index (κ2) is 5.87. The van der Waals surface area contributed by atoms with Crippen LogP contribution >= 0.6 is 38.5 Å². The molecule has 2 aromatic carbocycles. The molecule has 2 N–H and O–H groups in total. The zero-order valence-electron chi connectivity index (χ0n) is 9.45. The fourth-order valence-electron chi connectivity index (χ4n) is 1.46. The third-order valence-electron chi connectivity index (χ3n) is 2.38. The first-order chi connectivity index (χ1) is 8.97. The molecule has 0 radical (unpaired) electrons. The molecule has 19 heavy (non-hydrogen) atoms. The molecule has 0 heterocycles. The van der Waals surface area contributed by atoms with Gasteiger partial charge in [-0.15, -0.1) is 0 Å². The minimum Gasteiger partial charge on any atom is -0.507 e. The van der Waals surface area contributed by atoms with E-state index in [-0.39, 0.29) is 11.3 Å². The highest BCUT2D eigenvalue weighted by molar-refractivity contribution is 14.1. The Balaban J connectivity index is 2.25. The molecule has 0 aliphatic carbocycles. The number of nitrogens with one attached hydrogen (secondary N) is 1. The highest BCUT2D eigenvalue weighted by Crippen LogP contribution is 2.23. The van der Waals surface area contributed by atoms with E-state index in [0.29, 0.717) is 10.2 Å². The molecular weight excluding hydrogens is 428 g/mol. The number of carbonyl (C=O) groups excluding carboxylic acids is 1. The van der Waals surface area contributed by atoms with Crippen molar-refractivity contribution in [3.8, 4) is 5.75 Å². The van der Waals surface area contributed by atoms with Gasteiger partial charge in [-0.3, -0.25) is 4.79 Å². The molecule has 0 aliphatic heterocycles. The van der Waals surface area contributed by atoms with E-state index in [1.807, 2.05) is 22.6 Å². The van der Waals surface area contributed by atoms with Crippen LogP contribution in [0.4, 0.5) is 10.1 Å². The van der Waals surface area contributed by atoms with Gasteiger partial charge >= 0.3 is 0 Å². The van der Waals surface area contributed by atoms with Crippen LogP contribution in [0.25, 0.3) is 0 Å². The summed E-state index contributed by atoms with van der Waals surface area (Å²) in [6, 6.07) is 8.95. The first-order valence-corrected chi connectivity index (χ1v) is 7.09. The van der Waals surface area contributed by atoms with Gasteiger partial charge < -0.3 is 10.4 Å². The molecule has 3 nitrogen and oxygen atoms in total. The molecule has 1 amide bonds. The summed E-state index contributed by atoms with van der Waals surface area (Å²) in [4.78, 5) is 12.0. The number of aromatic hydroxyl groups is 1. The number of rotatable bonds is 2. The third kappa shape index (κ3) is 3.44. The second-order valence-electron chi connectivity index (χ2n) is 3.74. The van der Waals surface area contributed by atoms with E-state index < -0.39 is 11.7 Å². The normalized spacial score (nSPS) is 10.3. The lowest BCUT2D eigenvalue weighted by Gasteiger charge is -2.08. The molecule has 0 aliphatic rings. The third-order valence-corrected chi connectivity index (χ3v) is 3.69. The molecular formula is C13H8BrFINO2. The minimum absolute atomic E-state index is 0.115. The molecule has 2 rings (SSSR count). The van der Waals surface area contributed by atoms with Crippen LogP contribution in [-0.4, -0.2) is 11.0 Å². The molecule has 0 unspecified atom stereocenters. The maximum absolute atomic E-state index is 13.3. The van der Waals surface area contributed by atoms with Crippen LogP contribution in [0.2, 0.25) is 0 Å². The van der Waals surface area contributed by atoms with Crippen molar-refractivity contribution < 1.29 is 14.3 Å². The fourth-order valence-corrected chi connectivity index (χ4v) is 2.20.